The molecule has 1 aromatic carbocycles. The number of rotatable bonds is 6. The minimum absolute atomic E-state index is 0.297. The Hall–Kier alpha value is -2.10. The molecule has 1 heterocycles. The van der Waals surface area contributed by atoms with Gasteiger partial charge in [0.05, 0.1) is 0 Å². The van der Waals surface area contributed by atoms with Crippen molar-refractivity contribution in [3.8, 4) is 0 Å². The Labute approximate surface area is 127 Å². The van der Waals surface area contributed by atoms with Crippen LogP contribution in [0.25, 0.3) is 0 Å². The van der Waals surface area contributed by atoms with Gasteiger partial charge in [-0.1, -0.05) is 39.3 Å². The third-order valence-electron chi connectivity index (χ3n) is 3.28. The Morgan fingerprint density at radius 3 is 2.29 bits per heavy atom. The lowest BCUT2D eigenvalue weighted by Gasteiger charge is -2.12. The van der Waals surface area contributed by atoms with Crippen LogP contribution >= 0.6 is 0 Å². The van der Waals surface area contributed by atoms with Crippen molar-refractivity contribution in [2.75, 3.05) is 17.7 Å². The van der Waals surface area contributed by atoms with E-state index in [2.05, 4.69) is 65.6 Å². The number of hydrogen-bond acceptors (Lipinski definition) is 4. The van der Waals surface area contributed by atoms with Crippen molar-refractivity contribution < 1.29 is 0 Å². The van der Waals surface area contributed by atoms with E-state index in [4.69, 9.17) is 0 Å². The summed E-state index contributed by atoms with van der Waals surface area (Å²) in [4.78, 5) is 9.04. The van der Waals surface area contributed by atoms with Crippen molar-refractivity contribution in [1.29, 1.82) is 0 Å². The summed E-state index contributed by atoms with van der Waals surface area (Å²) in [6.07, 6.45) is 2.29. The van der Waals surface area contributed by atoms with E-state index in [0.717, 1.165) is 29.6 Å². The van der Waals surface area contributed by atoms with Gasteiger partial charge in [-0.15, -0.1) is 0 Å². The first-order valence-electron chi connectivity index (χ1n) is 7.55. The van der Waals surface area contributed by atoms with Gasteiger partial charge in [0, 0.05) is 24.7 Å². The van der Waals surface area contributed by atoms with Crippen LogP contribution in [-0.2, 0) is 6.42 Å². The monoisotopic (exact) mass is 284 g/mol. The molecule has 0 fully saturated rings. The molecule has 0 spiro atoms. The van der Waals surface area contributed by atoms with Gasteiger partial charge in [0.1, 0.15) is 17.5 Å². The van der Waals surface area contributed by atoms with Gasteiger partial charge in [-0.05, 0) is 24.1 Å². The molecule has 0 amide bonds. The van der Waals surface area contributed by atoms with Gasteiger partial charge < -0.3 is 10.6 Å². The van der Waals surface area contributed by atoms with Crippen LogP contribution in [0.1, 0.15) is 44.5 Å². The highest BCUT2D eigenvalue weighted by Gasteiger charge is 2.07. The van der Waals surface area contributed by atoms with Crippen LogP contribution in [0, 0.1) is 0 Å². The van der Waals surface area contributed by atoms with E-state index in [1.54, 1.807) is 0 Å². The molecular weight excluding hydrogens is 260 g/mol. The zero-order valence-corrected chi connectivity index (χ0v) is 13.3. The molecule has 0 unspecified atom stereocenters. The third-order valence-corrected chi connectivity index (χ3v) is 3.28. The van der Waals surface area contributed by atoms with Gasteiger partial charge in [-0.25, -0.2) is 9.97 Å². The smallest absolute Gasteiger partial charge is 0.136 e. The van der Waals surface area contributed by atoms with Gasteiger partial charge in [-0.2, -0.15) is 0 Å². The maximum absolute atomic E-state index is 4.57. The number of aryl methyl sites for hydroxylation is 1. The molecule has 2 N–H and O–H groups in total. The van der Waals surface area contributed by atoms with Crippen molar-refractivity contribution in [3.05, 3.63) is 41.7 Å². The molecule has 0 bridgehead atoms. The zero-order valence-electron chi connectivity index (χ0n) is 13.3. The number of anilines is 3. The highest BCUT2D eigenvalue weighted by atomic mass is 15.1. The average molecular weight is 284 g/mol. The predicted octanol–water partition coefficient (Wildman–Crippen LogP) is 4.34. The van der Waals surface area contributed by atoms with Crippen LogP contribution in [0.3, 0.4) is 0 Å². The highest BCUT2D eigenvalue weighted by molar-refractivity contribution is 5.59. The first-order valence-corrected chi connectivity index (χ1v) is 7.55. The fourth-order valence-electron chi connectivity index (χ4n) is 2.11. The summed E-state index contributed by atoms with van der Waals surface area (Å²) >= 11 is 0. The summed E-state index contributed by atoms with van der Waals surface area (Å²) in [5, 5.41) is 6.44. The Kier molecular flexibility index (Phi) is 5.14. The Morgan fingerprint density at radius 1 is 1.05 bits per heavy atom. The number of benzene rings is 1. The fraction of sp³-hybridized carbons (Fsp3) is 0.412. The van der Waals surface area contributed by atoms with Crippen molar-refractivity contribution in [2.24, 2.45) is 0 Å². The maximum atomic E-state index is 4.57. The second-order valence-electron chi connectivity index (χ2n) is 5.47. The predicted molar refractivity (Wildman–Crippen MR) is 89.4 cm³/mol. The van der Waals surface area contributed by atoms with Gasteiger partial charge in [0.2, 0.25) is 0 Å². The van der Waals surface area contributed by atoms with Crippen molar-refractivity contribution in [3.63, 3.8) is 0 Å². The lowest BCUT2D eigenvalue weighted by Crippen LogP contribution is -2.05. The quantitative estimate of drug-likeness (QED) is 0.828. The molecule has 21 heavy (non-hydrogen) atoms. The van der Waals surface area contributed by atoms with Gasteiger partial charge in [0.15, 0.2) is 0 Å². The molecule has 2 aromatic rings. The van der Waals surface area contributed by atoms with E-state index in [-0.39, 0.29) is 0 Å². The van der Waals surface area contributed by atoms with E-state index in [9.17, 15) is 0 Å². The largest absolute Gasteiger partial charge is 0.373 e. The summed E-state index contributed by atoms with van der Waals surface area (Å²) in [5.41, 5.74) is 2.41. The summed E-state index contributed by atoms with van der Waals surface area (Å²) < 4.78 is 0. The molecule has 2 rings (SSSR count). The molecule has 0 aliphatic heterocycles. The summed E-state index contributed by atoms with van der Waals surface area (Å²) in [6.45, 7) is 6.38. The number of aromatic nitrogens is 2. The van der Waals surface area contributed by atoms with Crippen LogP contribution in [0.4, 0.5) is 17.3 Å². The summed E-state index contributed by atoms with van der Waals surface area (Å²) in [5.74, 6) is 2.79. The summed E-state index contributed by atoms with van der Waals surface area (Å²) in [6, 6.07) is 10.4. The Morgan fingerprint density at radius 2 is 1.71 bits per heavy atom. The van der Waals surface area contributed by atoms with Crippen LogP contribution in [0.5, 0.6) is 0 Å². The molecule has 0 aliphatic rings. The zero-order chi connectivity index (χ0) is 15.2. The molecule has 0 saturated carbocycles. The lowest BCUT2D eigenvalue weighted by atomic mass is 10.1. The molecule has 4 heteroatoms. The number of nitrogens with zero attached hydrogens (tertiary/aromatic N) is 2. The van der Waals surface area contributed by atoms with Crippen LogP contribution in [0.15, 0.2) is 30.3 Å². The van der Waals surface area contributed by atoms with Gasteiger partial charge in [-0.3, -0.25) is 0 Å². The van der Waals surface area contributed by atoms with E-state index in [0.29, 0.717) is 5.92 Å². The minimum atomic E-state index is 0.297. The molecule has 4 nitrogen and oxygen atoms in total. The molecule has 0 aliphatic carbocycles. The second-order valence-corrected chi connectivity index (χ2v) is 5.47. The molecule has 112 valence electrons. The molecule has 0 saturated heterocycles. The topological polar surface area (TPSA) is 49.8 Å². The van der Waals surface area contributed by atoms with Gasteiger partial charge in [0.25, 0.3) is 0 Å². The SMILES string of the molecule is CCCc1ccc(Nc2cc(NC)nc(C(C)C)n2)cc1. The first kappa shape index (κ1) is 15.3. The van der Waals surface area contributed by atoms with Crippen molar-refractivity contribution in [2.45, 2.75) is 39.5 Å². The van der Waals surface area contributed by atoms with E-state index in [1.807, 2.05) is 13.1 Å². The first-order chi connectivity index (χ1) is 10.1. The Balaban J connectivity index is 2.19. The fourth-order valence-corrected chi connectivity index (χ4v) is 2.11. The normalized spacial score (nSPS) is 10.7. The number of nitrogens with one attached hydrogen (secondary N) is 2. The molecular formula is C17H24N4. The Bertz CT molecular complexity index is 576. The van der Waals surface area contributed by atoms with Crippen molar-refractivity contribution in [1.82, 2.24) is 9.97 Å². The lowest BCUT2D eigenvalue weighted by molar-refractivity contribution is 0.778. The maximum Gasteiger partial charge on any atom is 0.136 e. The average Bonchev–Trinajstić information content (AvgIpc) is 2.49. The minimum Gasteiger partial charge on any atom is -0.373 e. The number of hydrogen-bond donors (Lipinski definition) is 2. The van der Waals surface area contributed by atoms with Crippen LogP contribution in [0.2, 0.25) is 0 Å². The molecule has 0 radical (unpaired) electrons. The highest BCUT2D eigenvalue weighted by Crippen LogP contribution is 2.21. The second kappa shape index (κ2) is 7.07. The molecule has 0 atom stereocenters. The van der Waals surface area contributed by atoms with E-state index >= 15 is 0 Å². The standard InChI is InChI=1S/C17H24N4/c1-5-6-13-7-9-14(10-8-13)19-16-11-15(18-4)20-17(21-16)12(2)3/h7-12H,5-6H2,1-4H3,(H2,18,19,20,21). The third kappa shape index (κ3) is 4.18. The van der Waals surface area contributed by atoms with E-state index < -0.39 is 0 Å². The molecule has 1 aromatic heterocycles. The van der Waals surface area contributed by atoms with Crippen LogP contribution in [-0.4, -0.2) is 17.0 Å². The van der Waals surface area contributed by atoms with E-state index in [1.165, 1.54) is 12.0 Å². The summed E-state index contributed by atoms with van der Waals surface area (Å²) in [7, 11) is 1.87. The van der Waals surface area contributed by atoms with Crippen LogP contribution < -0.4 is 10.6 Å². The van der Waals surface area contributed by atoms with Gasteiger partial charge >= 0.3 is 0 Å². The van der Waals surface area contributed by atoms with Crippen molar-refractivity contribution >= 4 is 17.3 Å².